The summed E-state index contributed by atoms with van der Waals surface area (Å²) < 4.78 is 0. The van der Waals surface area contributed by atoms with E-state index in [0.717, 1.165) is 42.6 Å². The van der Waals surface area contributed by atoms with Crippen LogP contribution >= 0.6 is 0 Å². The maximum Gasteiger partial charge on any atom is 0.326 e. The summed E-state index contributed by atoms with van der Waals surface area (Å²) in [5, 5.41) is 13.1. The molecule has 2 aromatic rings. The second-order valence-electron chi connectivity index (χ2n) is 8.14. The molecule has 146 valence electrons. The lowest BCUT2D eigenvalue weighted by molar-refractivity contribution is -0.141. The SMILES string of the molecule is Cc1ccccc1-c1cccc(C(=O)N2CC3(CCNCC3)CC2C(=O)O)c1. The topological polar surface area (TPSA) is 69.6 Å². The lowest BCUT2D eigenvalue weighted by Gasteiger charge is -2.33. The molecule has 1 spiro atoms. The summed E-state index contributed by atoms with van der Waals surface area (Å²) in [6, 6.07) is 14.9. The molecule has 2 aliphatic rings. The Kier molecular flexibility index (Phi) is 4.94. The fourth-order valence-corrected chi connectivity index (χ4v) is 4.69. The molecule has 0 aromatic heterocycles. The number of rotatable bonds is 3. The van der Waals surface area contributed by atoms with E-state index in [9.17, 15) is 14.7 Å². The van der Waals surface area contributed by atoms with Crippen LogP contribution in [0.2, 0.25) is 0 Å². The molecule has 2 N–H and O–H groups in total. The van der Waals surface area contributed by atoms with Crippen molar-refractivity contribution >= 4 is 11.9 Å². The first kappa shape index (κ1) is 18.7. The summed E-state index contributed by atoms with van der Waals surface area (Å²) in [6.45, 7) is 4.35. The Labute approximate surface area is 165 Å². The second kappa shape index (κ2) is 7.40. The van der Waals surface area contributed by atoms with Gasteiger partial charge in [-0.25, -0.2) is 4.79 Å². The molecule has 5 heteroatoms. The van der Waals surface area contributed by atoms with E-state index < -0.39 is 12.0 Å². The monoisotopic (exact) mass is 378 g/mol. The fourth-order valence-electron chi connectivity index (χ4n) is 4.69. The van der Waals surface area contributed by atoms with E-state index in [1.54, 1.807) is 11.0 Å². The van der Waals surface area contributed by atoms with Crippen LogP contribution in [-0.2, 0) is 4.79 Å². The predicted molar refractivity (Wildman–Crippen MR) is 108 cm³/mol. The maximum atomic E-state index is 13.3. The van der Waals surface area contributed by atoms with E-state index in [4.69, 9.17) is 0 Å². The number of hydrogen-bond donors (Lipinski definition) is 2. The van der Waals surface area contributed by atoms with E-state index in [0.29, 0.717) is 18.5 Å². The Bertz CT molecular complexity index is 902. The molecule has 28 heavy (non-hydrogen) atoms. The van der Waals surface area contributed by atoms with Crippen LogP contribution in [0, 0.1) is 12.3 Å². The highest BCUT2D eigenvalue weighted by molar-refractivity contribution is 5.98. The van der Waals surface area contributed by atoms with Crippen molar-refractivity contribution in [1.29, 1.82) is 0 Å². The number of nitrogens with one attached hydrogen (secondary N) is 1. The van der Waals surface area contributed by atoms with Gasteiger partial charge in [0.1, 0.15) is 6.04 Å². The first-order valence-corrected chi connectivity index (χ1v) is 9.90. The third-order valence-corrected chi connectivity index (χ3v) is 6.28. The molecular formula is C23H26N2O3. The van der Waals surface area contributed by atoms with Gasteiger partial charge in [0.25, 0.3) is 5.91 Å². The third-order valence-electron chi connectivity index (χ3n) is 6.28. The van der Waals surface area contributed by atoms with Crippen molar-refractivity contribution in [3.63, 3.8) is 0 Å². The van der Waals surface area contributed by atoms with Gasteiger partial charge in [0, 0.05) is 12.1 Å². The number of aryl methyl sites for hydroxylation is 1. The molecular weight excluding hydrogens is 352 g/mol. The van der Waals surface area contributed by atoms with Crippen molar-refractivity contribution in [3.8, 4) is 11.1 Å². The van der Waals surface area contributed by atoms with Crippen LogP contribution in [0.1, 0.15) is 35.2 Å². The zero-order valence-corrected chi connectivity index (χ0v) is 16.1. The Morgan fingerprint density at radius 1 is 1.11 bits per heavy atom. The summed E-state index contributed by atoms with van der Waals surface area (Å²) in [7, 11) is 0. The zero-order chi connectivity index (χ0) is 19.7. The van der Waals surface area contributed by atoms with Crippen molar-refractivity contribution in [1.82, 2.24) is 10.2 Å². The Morgan fingerprint density at radius 3 is 2.57 bits per heavy atom. The summed E-state index contributed by atoms with van der Waals surface area (Å²) in [5.74, 6) is -1.09. The van der Waals surface area contributed by atoms with Gasteiger partial charge in [0.2, 0.25) is 0 Å². The van der Waals surface area contributed by atoms with E-state index in [1.807, 2.05) is 49.4 Å². The van der Waals surface area contributed by atoms with Crippen LogP contribution in [0.3, 0.4) is 0 Å². The molecule has 1 unspecified atom stereocenters. The molecule has 5 nitrogen and oxygen atoms in total. The summed E-state index contributed by atoms with van der Waals surface area (Å²) in [4.78, 5) is 26.8. The average Bonchev–Trinajstić information content (AvgIpc) is 3.07. The van der Waals surface area contributed by atoms with Crippen LogP contribution in [0.5, 0.6) is 0 Å². The molecule has 2 fully saturated rings. The average molecular weight is 378 g/mol. The van der Waals surface area contributed by atoms with E-state index in [-0.39, 0.29) is 11.3 Å². The van der Waals surface area contributed by atoms with Gasteiger partial charge in [0.05, 0.1) is 0 Å². The molecule has 2 heterocycles. The van der Waals surface area contributed by atoms with Gasteiger partial charge in [0.15, 0.2) is 0 Å². The Balaban J connectivity index is 1.64. The number of carbonyl (C=O) groups excluding carboxylic acids is 1. The number of hydrogen-bond acceptors (Lipinski definition) is 3. The molecule has 0 radical (unpaired) electrons. The summed E-state index contributed by atoms with van der Waals surface area (Å²) >= 11 is 0. The number of carboxylic acid groups (broad SMARTS) is 1. The van der Waals surface area contributed by atoms with Gasteiger partial charge in [-0.15, -0.1) is 0 Å². The zero-order valence-electron chi connectivity index (χ0n) is 16.1. The molecule has 0 bridgehead atoms. The Hall–Kier alpha value is -2.66. The highest BCUT2D eigenvalue weighted by Gasteiger charge is 2.49. The molecule has 0 saturated carbocycles. The first-order chi connectivity index (χ1) is 13.5. The summed E-state index contributed by atoms with van der Waals surface area (Å²) in [6.07, 6.45) is 2.39. The number of likely N-dealkylation sites (tertiary alicyclic amines) is 1. The smallest absolute Gasteiger partial charge is 0.326 e. The van der Waals surface area contributed by atoms with Crippen LogP contribution in [0.4, 0.5) is 0 Å². The number of piperidine rings is 1. The number of aliphatic carboxylic acids is 1. The molecule has 1 atom stereocenters. The standard InChI is InChI=1S/C23H26N2O3/c1-16-5-2-3-8-19(16)17-6-4-7-18(13-17)21(26)25-15-23(9-11-24-12-10-23)14-20(25)22(27)28/h2-8,13,20,24H,9-12,14-15H2,1H3,(H,27,28). The van der Waals surface area contributed by atoms with Crippen molar-refractivity contribution in [3.05, 3.63) is 59.7 Å². The van der Waals surface area contributed by atoms with E-state index in [1.165, 1.54) is 0 Å². The molecule has 0 aliphatic carbocycles. The van der Waals surface area contributed by atoms with E-state index in [2.05, 4.69) is 5.32 Å². The molecule has 1 amide bonds. The number of benzene rings is 2. The number of amides is 1. The van der Waals surface area contributed by atoms with Gasteiger partial charge < -0.3 is 15.3 Å². The molecule has 4 rings (SSSR count). The van der Waals surface area contributed by atoms with Crippen molar-refractivity contribution in [2.24, 2.45) is 5.41 Å². The number of carboxylic acids is 1. The van der Waals surface area contributed by atoms with Crippen LogP contribution < -0.4 is 5.32 Å². The van der Waals surface area contributed by atoms with Crippen molar-refractivity contribution < 1.29 is 14.7 Å². The lowest BCUT2D eigenvalue weighted by Crippen LogP contribution is -2.41. The lowest BCUT2D eigenvalue weighted by atomic mass is 9.77. The van der Waals surface area contributed by atoms with Crippen LogP contribution in [0.25, 0.3) is 11.1 Å². The van der Waals surface area contributed by atoms with Gasteiger partial charge in [-0.05, 0) is 73.5 Å². The van der Waals surface area contributed by atoms with E-state index >= 15 is 0 Å². The highest BCUT2D eigenvalue weighted by Crippen LogP contribution is 2.42. The highest BCUT2D eigenvalue weighted by atomic mass is 16.4. The van der Waals surface area contributed by atoms with Gasteiger partial charge in [-0.3, -0.25) is 4.79 Å². The Morgan fingerprint density at radius 2 is 1.86 bits per heavy atom. The maximum absolute atomic E-state index is 13.3. The molecule has 2 saturated heterocycles. The van der Waals surface area contributed by atoms with Crippen LogP contribution in [0.15, 0.2) is 48.5 Å². The first-order valence-electron chi connectivity index (χ1n) is 9.90. The fraction of sp³-hybridized carbons (Fsp3) is 0.391. The largest absolute Gasteiger partial charge is 0.480 e. The third kappa shape index (κ3) is 3.42. The van der Waals surface area contributed by atoms with Gasteiger partial charge in [-0.2, -0.15) is 0 Å². The van der Waals surface area contributed by atoms with Crippen molar-refractivity contribution in [2.75, 3.05) is 19.6 Å². The van der Waals surface area contributed by atoms with Crippen molar-refractivity contribution in [2.45, 2.75) is 32.2 Å². The molecule has 2 aromatic carbocycles. The van der Waals surface area contributed by atoms with Gasteiger partial charge in [-0.1, -0.05) is 36.4 Å². The minimum atomic E-state index is -0.904. The molecule has 2 aliphatic heterocycles. The minimum Gasteiger partial charge on any atom is -0.480 e. The summed E-state index contributed by atoms with van der Waals surface area (Å²) in [5.41, 5.74) is 3.69. The minimum absolute atomic E-state index is 0.0718. The normalized spacial score (nSPS) is 21.0. The number of carbonyl (C=O) groups is 2. The quantitative estimate of drug-likeness (QED) is 0.860. The predicted octanol–water partition coefficient (Wildman–Crippen LogP) is 3.33. The van der Waals surface area contributed by atoms with Gasteiger partial charge >= 0.3 is 5.97 Å². The van der Waals surface area contributed by atoms with Crippen LogP contribution in [-0.4, -0.2) is 47.6 Å². The second-order valence-corrected chi connectivity index (χ2v) is 8.14. The number of nitrogens with zero attached hydrogens (tertiary/aromatic N) is 1.